The second-order valence-electron chi connectivity index (χ2n) is 4.76. The van der Waals surface area contributed by atoms with Gasteiger partial charge in [0, 0.05) is 13.2 Å². The molecule has 4 nitrogen and oxygen atoms in total. The summed E-state index contributed by atoms with van der Waals surface area (Å²) in [5, 5.41) is 21.1. The summed E-state index contributed by atoms with van der Waals surface area (Å²) in [5.41, 5.74) is 1.89. The Balaban J connectivity index is 2.50. The number of carboxylic acid groups (broad SMARTS) is 1. The number of hydrogen-bond acceptors (Lipinski definition) is 3. The molecule has 0 saturated heterocycles. The number of carboxylic acids is 1. The molecular weight excluding hydrogens is 242 g/mol. The largest absolute Gasteiger partial charge is 0.481 e. The van der Waals surface area contributed by atoms with Gasteiger partial charge in [-0.2, -0.15) is 0 Å². The van der Waals surface area contributed by atoms with Gasteiger partial charge in [0.05, 0.1) is 6.42 Å². The van der Waals surface area contributed by atoms with Gasteiger partial charge in [-0.05, 0) is 30.0 Å². The Labute approximate surface area is 114 Å². The average molecular weight is 265 g/mol. The van der Waals surface area contributed by atoms with Crippen LogP contribution in [0, 0.1) is 5.92 Å². The molecule has 0 radical (unpaired) electrons. The van der Waals surface area contributed by atoms with Gasteiger partial charge in [0.15, 0.2) is 0 Å². The van der Waals surface area contributed by atoms with Crippen LogP contribution in [-0.4, -0.2) is 29.3 Å². The molecule has 1 atom stereocenters. The van der Waals surface area contributed by atoms with Gasteiger partial charge in [0.25, 0.3) is 0 Å². The van der Waals surface area contributed by atoms with Crippen molar-refractivity contribution in [3.63, 3.8) is 0 Å². The van der Waals surface area contributed by atoms with Crippen molar-refractivity contribution in [2.24, 2.45) is 5.92 Å². The fraction of sp³-hybridized carbons (Fsp3) is 0.533. The molecule has 0 heterocycles. The molecule has 0 saturated carbocycles. The monoisotopic (exact) mass is 265 g/mol. The summed E-state index contributed by atoms with van der Waals surface area (Å²) in [6.45, 7) is 3.85. The van der Waals surface area contributed by atoms with Gasteiger partial charge in [-0.3, -0.25) is 4.79 Å². The zero-order chi connectivity index (χ0) is 14.1. The Morgan fingerprint density at radius 2 is 2.00 bits per heavy atom. The van der Waals surface area contributed by atoms with Crippen molar-refractivity contribution in [3.8, 4) is 0 Å². The number of aliphatic hydroxyl groups is 1. The first-order valence-electron chi connectivity index (χ1n) is 6.77. The van der Waals surface area contributed by atoms with E-state index < -0.39 is 5.97 Å². The van der Waals surface area contributed by atoms with E-state index in [1.807, 2.05) is 24.3 Å². The molecule has 0 aromatic heterocycles. The molecule has 1 rings (SSSR count). The lowest BCUT2D eigenvalue weighted by atomic mass is 10.0. The quantitative estimate of drug-likeness (QED) is 0.637. The normalized spacial score (nSPS) is 12.3. The molecule has 0 spiro atoms. The highest BCUT2D eigenvalue weighted by molar-refractivity contribution is 5.70. The molecule has 1 unspecified atom stereocenters. The van der Waals surface area contributed by atoms with Crippen LogP contribution in [0.3, 0.4) is 0 Å². The smallest absolute Gasteiger partial charge is 0.307 e. The van der Waals surface area contributed by atoms with Crippen LogP contribution < -0.4 is 5.32 Å². The standard InChI is InChI=1S/C15H23NO3/c1-2-12(7-8-17)10-16-11-14-6-4-3-5-13(14)9-15(18)19/h3-6,12,16-17H,2,7-11H2,1H3,(H,18,19). The summed E-state index contributed by atoms with van der Waals surface area (Å²) in [5.74, 6) is -0.337. The molecule has 4 heteroatoms. The van der Waals surface area contributed by atoms with E-state index in [1.165, 1.54) is 0 Å². The SMILES string of the molecule is CCC(CCO)CNCc1ccccc1CC(=O)O. The highest BCUT2D eigenvalue weighted by atomic mass is 16.4. The summed E-state index contributed by atoms with van der Waals surface area (Å²) < 4.78 is 0. The Morgan fingerprint density at radius 1 is 1.32 bits per heavy atom. The number of benzene rings is 1. The summed E-state index contributed by atoms with van der Waals surface area (Å²) in [4.78, 5) is 10.8. The Morgan fingerprint density at radius 3 is 2.58 bits per heavy atom. The predicted molar refractivity (Wildman–Crippen MR) is 75.0 cm³/mol. The van der Waals surface area contributed by atoms with Crippen molar-refractivity contribution in [1.82, 2.24) is 5.32 Å². The highest BCUT2D eigenvalue weighted by Crippen LogP contribution is 2.11. The minimum Gasteiger partial charge on any atom is -0.481 e. The summed E-state index contributed by atoms with van der Waals surface area (Å²) >= 11 is 0. The number of aliphatic hydroxyl groups excluding tert-OH is 1. The first-order valence-corrected chi connectivity index (χ1v) is 6.77. The number of rotatable bonds is 9. The van der Waals surface area contributed by atoms with E-state index in [4.69, 9.17) is 10.2 Å². The molecule has 1 aromatic carbocycles. The van der Waals surface area contributed by atoms with Crippen LogP contribution in [-0.2, 0) is 17.8 Å². The number of hydrogen-bond donors (Lipinski definition) is 3. The van der Waals surface area contributed by atoms with Crippen molar-refractivity contribution >= 4 is 5.97 Å². The maximum atomic E-state index is 10.8. The molecule has 0 amide bonds. The van der Waals surface area contributed by atoms with Crippen LogP contribution in [0.5, 0.6) is 0 Å². The van der Waals surface area contributed by atoms with Gasteiger partial charge in [-0.1, -0.05) is 37.6 Å². The van der Waals surface area contributed by atoms with Crippen LogP contribution in [0.4, 0.5) is 0 Å². The summed E-state index contributed by atoms with van der Waals surface area (Å²) in [6.07, 6.45) is 1.90. The van der Waals surface area contributed by atoms with Gasteiger partial charge in [-0.25, -0.2) is 0 Å². The van der Waals surface area contributed by atoms with Crippen LogP contribution in [0.25, 0.3) is 0 Å². The maximum Gasteiger partial charge on any atom is 0.307 e. The molecule has 0 aliphatic rings. The van der Waals surface area contributed by atoms with E-state index in [9.17, 15) is 4.79 Å². The molecule has 0 bridgehead atoms. The minimum atomic E-state index is -0.806. The Kier molecular flexibility index (Phi) is 7.15. The van der Waals surface area contributed by atoms with E-state index in [0.29, 0.717) is 12.5 Å². The second kappa shape index (κ2) is 8.67. The van der Waals surface area contributed by atoms with Crippen molar-refractivity contribution in [3.05, 3.63) is 35.4 Å². The van der Waals surface area contributed by atoms with E-state index >= 15 is 0 Å². The molecule has 106 valence electrons. The summed E-state index contributed by atoms with van der Waals surface area (Å²) in [6, 6.07) is 7.60. The van der Waals surface area contributed by atoms with Crippen LogP contribution in [0.15, 0.2) is 24.3 Å². The van der Waals surface area contributed by atoms with Gasteiger partial charge in [-0.15, -0.1) is 0 Å². The van der Waals surface area contributed by atoms with Gasteiger partial charge < -0.3 is 15.5 Å². The highest BCUT2D eigenvalue weighted by Gasteiger charge is 2.08. The topological polar surface area (TPSA) is 69.6 Å². The number of aliphatic carboxylic acids is 1. The second-order valence-corrected chi connectivity index (χ2v) is 4.76. The lowest BCUT2D eigenvalue weighted by Crippen LogP contribution is -2.23. The fourth-order valence-electron chi connectivity index (χ4n) is 2.11. The molecule has 3 N–H and O–H groups in total. The van der Waals surface area contributed by atoms with Gasteiger partial charge in [0.1, 0.15) is 0 Å². The summed E-state index contributed by atoms with van der Waals surface area (Å²) in [7, 11) is 0. The number of carbonyl (C=O) groups is 1. The fourth-order valence-corrected chi connectivity index (χ4v) is 2.11. The van der Waals surface area contributed by atoms with E-state index in [2.05, 4.69) is 12.2 Å². The lowest BCUT2D eigenvalue weighted by molar-refractivity contribution is -0.136. The first-order chi connectivity index (χ1) is 9.17. The zero-order valence-corrected chi connectivity index (χ0v) is 11.4. The van der Waals surface area contributed by atoms with E-state index in [1.54, 1.807) is 0 Å². The Hall–Kier alpha value is -1.39. The molecule has 0 aliphatic heterocycles. The van der Waals surface area contributed by atoms with E-state index in [-0.39, 0.29) is 13.0 Å². The Bertz CT molecular complexity index is 393. The van der Waals surface area contributed by atoms with Crippen LogP contribution in [0.2, 0.25) is 0 Å². The molecule has 19 heavy (non-hydrogen) atoms. The molecular formula is C15H23NO3. The first kappa shape index (κ1) is 15.7. The predicted octanol–water partition coefficient (Wildman–Crippen LogP) is 1.81. The van der Waals surface area contributed by atoms with Crippen LogP contribution >= 0.6 is 0 Å². The minimum absolute atomic E-state index is 0.0612. The van der Waals surface area contributed by atoms with Crippen molar-refractivity contribution in [2.75, 3.05) is 13.2 Å². The molecule has 1 aromatic rings. The van der Waals surface area contributed by atoms with Gasteiger partial charge >= 0.3 is 5.97 Å². The maximum absolute atomic E-state index is 10.8. The van der Waals surface area contributed by atoms with E-state index in [0.717, 1.165) is 30.5 Å². The lowest BCUT2D eigenvalue weighted by Gasteiger charge is -2.15. The van der Waals surface area contributed by atoms with Crippen molar-refractivity contribution in [1.29, 1.82) is 0 Å². The average Bonchev–Trinajstić information content (AvgIpc) is 2.39. The molecule has 0 aliphatic carbocycles. The van der Waals surface area contributed by atoms with Crippen LogP contribution in [0.1, 0.15) is 30.9 Å². The third-order valence-electron chi connectivity index (χ3n) is 3.32. The van der Waals surface area contributed by atoms with Crippen molar-refractivity contribution < 1.29 is 15.0 Å². The third kappa shape index (κ3) is 5.85. The zero-order valence-electron chi connectivity index (χ0n) is 11.4. The van der Waals surface area contributed by atoms with Crippen molar-refractivity contribution in [2.45, 2.75) is 32.7 Å². The van der Waals surface area contributed by atoms with Gasteiger partial charge in [0.2, 0.25) is 0 Å². The molecule has 0 fully saturated rings. The third-order valence-corrected chi connectivity index (χ3v) is 3.32. The number of nitrogens with one attached hydrogen (secondary N) is 1.